The van der Waals surface area contributed by atoms with Gasteiger partial charge < -0.3 is 9.21 Å². The first kappa shape index (κ1) is 19.2. The van der Waals surface area contributed by atoms with Crippen molar-refractivity contribution in [2.45, 2.75) is 25.7 Å². The third-order valence-corrected chi connectivity index (χ3v) is 4.90. The van der Waals surface area contributed by atoms with Gasteiger partial charge in [0.05, 0.1) is 0 Å². The van der Waals surface area contributed by atoms with Gasteiger partial charge in [0.15, 0.2) is 0 Å². The molecule has 1 aromatic heterocycles. The first-order valence-electron chi connectivity index (χ1n) is 8.29. The molecule has 0 saturated heterocycles. The minimum absolute atomic E-state index is 0.0127. The summed E-state index contributed by atoms with van der Waals surface area (Å²) in [5.41, 5.74) is 1.04. The Labute approximate surface area is 165 Å². The van der Waals surface area contributed by atoms with Crippen molar-refractivity contribution in [3.05, 3.63) is 79.6 Å². The fourth-order valence-electron chi connectivity index (χ4n) is 3.20. The van der Waals surface area contributed by atoms with Crippen molar-refractivity contribution in [3.8, 4) is 6.07 Å². The SMILES string of the molecule is CC(=O)C[C@H](Cc1c(C#N)c(=O)oc2ccc(Cl)cc12)c1ccc(Cl)cc1. The number of hydrogen-bond donors (Lipinski definition) is 0. The molecule has 0 radical (unpaired) electrons. The molecule has 3 rings (SSSR count). The highest BCUT2D eigenvalue weighted by Gasteiger charge is 2.21. The minimum atomic E-state index is -0.694. The summed E-state index contributed by atoms with van der Waals surface area (Å²) in [4.78, 5) is 24.1. The van der Waals surface area contributed by atoms with Crippen LogP contribution in [-0.2, 0) is 11.2 Å². The summed E-state index contributed by atoms with van der Waals surface area (Å²) in [5.74, 6) is -0.199. The smallest absolute Gasteiger partial charge is 0.354 e. The summed E-state index contributed by atoms with van der Waals surface area (Å²) < 4.78 is 5.24. The Hall–Kier alpha value is -2.61. The molecule has 0 amide bonds. The zero-order valence-corrected chi connectivity index (χ0v) is 16.0. The van der Waals surface area contributed by atoms with E-state index in [1.54, 1.807) is 30.3 Å². The van der Waals surface area contributed by atoms with Gasteiger partial charge in [-0.1, -0.05) is 35.3 Å². The van der Waals surface area contributed by atoms with Gasteiger partial charge in [-0.3, -0.25) is 0 Å². The highest BCUT2D eigenvalue weighted by molar-refractivity contribution is 6.31. The molecule has 0 saturated carbocycles. The molecule has 2 aromatic carbocycles. The largest absolute Gasteiger partial charge is 0.422 e. The number of benzene rings is 2. The van der Waals surface area contributed by atoms with Gasteiger partial charge in [0.2, 0.25) is 0 Å². The Kier molecular flexibility index (Phi) is 5.65. The maximum Gasteiger partial charge on any atom is 0.354 e. The second kappa shape index (κ2) is 7.96. The second-order valence-corrected chi connectivity index (χ2v) is 7.23. The van der Waals surface area contributed by atoms with Crippen LogP contribution in [0.1, 0.15) is 36.0 Å². The van der Waals surface area contributed by atoms with E-state index < -0.39 is 5.63 Å². The van der Waals surface area contributed by atoms with E-state index in [1.807, 2.05) is 18.2 Å². The monoisotopic (exact) mass is 399 g/mol. The van der Waals surface area contributed by atoms with Crippen LogP contribution in [0.4, 0.5) is 0 Å². The number of ketones is 1. The van der Waals surface area contributed by atoms with Crippen molar-refractivity contribution in [2.24, 2.45) is 0 Å². The topological polar surface area (TPSA) is 71.1 Å². The molecule has 3 aromatic rings. The van der Waals surface area contributed by atoms with Crippen LogP contribution in [0.5, 0.6) is 0 Å². The number of Topliss-reactive ketones (excluding diaryl/α,β-unsaturated/α-hetero) is 1. The predicted molar refractivity (Wildman–Crippen MR) is 105 cm³/mol. The Morgan fingerprint density at radius 2 is 1.81 bits per heavy atom. The van der Waals surface area contributed by atoms with Crippen LogP contribution in [0.25, 0.3) is 11.0 Å². The predicted octanol–water partition coefficient (Wildman–Crippen LogP) is 5.28. The number of carbonyl (C=O) groups is 1. The molecule has 4 nitrogen and oxygen atoms in total. The van der Waals surface area contributed by atoms with Crippen molar-refractivity contribution in [1.29, 1.82) is 5.26 Å². The molecule has 6 heteroatoms. The third-order valence-electron chi connectivity index (χ3n) is 4.41. The fourth-order valence-corrected chi connectivity index (χ4v) is 3.50. The lowest BCUT2D eigenvalue weighted by Gasteiger charge is -2.18. The van der Waals surface area contributed by atoms with Crippen molar-refractivity contribution in [2.75, 3.05) is 0 Å². The number of nitriles is 1. The molecule has 0 spiro atoms. The van der Waals surface area contributed by atoms with E-state index in [2.05, 4.69) is 0 Å². The van der Waals surface area contributed by atoms with Crippen molar-refractivity contribution in [3.63, 3.8) is 0 Å². The number of rotatable bonds is 5. The lowest BCUT2D eigenvalue weighted by molar-refractivity contribution is -0.117. The lowest BCUT2D eigenvalue weighted by Crippen LogP contribution is -2.14. The van der Waals surface area contributed by atoms with Crippen LogP contribution >= 0.6 is 23.2 Å². The van der Waals surface area contributed by atoms with Crippen LogP contribution in [0.3, 0.4) is 0 Å². The number of halogens is 2. The number of hydrogen-bond acceptors (Lipinski definition) is 4. The molecule has 1 atom stereocenters. The van der Waals surface area contributed by atoms with Crippen LogP contribution in [0.15, 0.2) is 51.7 Å². The summed E-state index contributed by atoms with van der Waals surface area (Å²) in [6, 6.07) is 14.0. The third kappa shape index (κ3) is 4.21. The highest BCUT2D eigenvalue weighted by atomic mass is 35.5. The van der Waals surface area contributed by atoms with E-state index in [1.165, 1.54) is 6.92 Å². The number of nitrogens with zero attached hydrogens (tertiary/aromatic N) is 1. The number of carbonyl (C=O) groups excluding carboxylic acids is 1. The van der Waals surface area contributed by atoms with Gasteiger partial charge in [0, 0.05) is 21.9 Å². The van der Waals surface area contributed by atoms with Gasteiger partial charge in [-0.15, -0.1) is 0 Å². The average Bonchev–Trinajstić information content (AvgIpc) is 2.62. The standard InChI is InChI=1S/C21H15Cl2NO3/c1-12(25)8-14(13-2-4-15(22)5-3-13)9-17-18-10-16(23)6-7-20(18)27-21(26)19(17)11-24/h2-7,10,14H,8-9H2,1H3/t14-/m1/s1. The second-order valence-electron chi connectivity index (χ2n) is 6.35. The Morgan fingerprint density at radius 1 is 1.15 bits per heavy atom. The quantitative estimate of drug-likeness (QED) is 0.547. The maximum atomic E-state index is 12.2. The van der Waals surface area contributed by atoms with E-state index in [9.17, 15) is 14.9 Å². The van der Waals surface area contributed by atoms with Gasteiger partial charge >= 0.3 is 5.63 Å². The molecular formula is C21H15Cl2NO3. The molecular weight excluding hydrogens is 385 g/mol. The number of fused-ring (bicyclic) bond motifs is 1. The van der Waals surface area contributed by atoms with Crippen molar-refractivity contribution >= 4 is 40.0 Å². The van der Waals surface area contributed by atoms with Crippen LogP contribution in [0, 0.1) is 11.3 Å². The molecule has 27 heavy (non-hydrogen) atoms. The molecule has 136 valence electrons. The van der Waals surface area contributed by atoms with E-state index in [0.717, 1.165) is 5.56 Å². The summed E-state index contributed by atoms with van der Waals surface area (Å²) in [5, 5.41) is 11.2. The molecule has 0 N–H and O–H groups in total. The first-order chi connectivity index (χ1) is 12.9. The summed E-state index contributed by atoms with van der Waals surface area (Å²) in [7, 11) is 0. The molecule has 0 aliphatic heterocycles. The van der Waals surface area contributed by atoms with E-state index in [0.29, 0.717) is 33.0 Å². The molecule has 0 fully saturated rings. The molecule has 0 unspecified atom stereocenters. The van der Waals surface area contributed by atoms with Gasteiger partial charge in [-0.25, -0.2) is 4.79 Å². The summed E-state index contributed by atoms with van der Waals surface area (Å²) in [6.45, 7) is 1.52. The molecule has 0 bridgehead atoms. The zero-order chi connectivity index (χ0) is 19.6. The van der Waals surface area contributed by atoms with Crippen LogP contribution in [-0.4, -0.2) is 5.78 Å². The maximum absolute atomic E-state index is 12.2. The molecule has 1 heterocycles. The summed E-state index contributed by atoms with van der Waals surface area (Å²) >= 11 is 12.1. The van der Waals surface area contributed by atoms with Gasteiger partial charge in [0.25, 0.3) is 0 Å². The Bertz CT molecular complexity index is 1110. The Morgan fingerprint density at radius 3 is 2.44 bits per heavy atom. The van der Waals surface area contributed by atoms with Crippen LogP contribution < -0.4 is 5.63 Å². The van der Waals surface area contributed by atoms with Gasteiger partial charge in [-0.2, -0.15) is 5.26 Å². The van der Waals surface area contributed by atoms with Gasteiger partial charge in [0.1, 0.15) is 23.0 Å². The van der Waals surface area contributed by atoms with Crippen LogP contribution in [0.2, 0.25) is 10.0 Å². The first-order valence-corrected chi connectivity index (χ1v) is 9.05. The molecule has 0 aliphatic rings. The highest BCUT2D eigenvalue weighted by Crippen LogP contribution is 2.31. The Balaban J connectivity index is 2.18. The van der Waals surface area contributed by atoms with E-state index in [4.69, 9.17) is 27.6 Å². The van der Waals surface area contributed by atoms with Crippen molar-refractivity contribution < 1.29 is 9.21 Å². The summed E-state index contributed by atoms with van der Waals surface area (Å²) in [6.07, 6.45) is 0.599. The molecule has 0 aliphatic carbocycles. The zero-order valence-electron chi connectivity index (χ0n) is 14.5. The average molecular weight is 400 g/mol. The van der Waals surface area contributed by atoms with Crippen molar-refractivity contribution in [1.82, 2.24) is 0 Å². The lowest BCUT2D eigenvalue weighted by atomic mass is 9.86. The normalized spacial score (nSPS) is 11.9. The minimum Gasteiger partial charge on any atom is -0.422 e. The van der Waals surface area contributed by atoms with E-state index >= 15 is 0 Å². The fraction of sp³-hybridized carbons (Fsp3) is 0.190. The van der Waals surface area contributed by atoms with Gasteiger partial charge in [-0.05, 0) is 60.7 Å². The van der Waals surface area contributed by atoms with E-state index in [-0.39, 0.29) is 23.7 Å².